The van der Waals surface area contributed by atoms with Gasteiger partial charge in [0, 0.05) is 25.2 Å². The van der Waals surface area contributed by atoms with Gasteiger partial charge in [0.15, 0.2) is 0 Å². The molecule has 0 radical (unpaired) electrons. The number of alkyl halides is 3. The maximum absolute atomic E-state index is 13.2. The molecule has 1 fully saturated rings. The lowest BCUT2D eigenvalue weighted by molar-refractivity contribution is -0.136. The van der Waals surface area contributed by atoms with E-state index in [0.29, 0.717) is 23.3 Å². The lowest BCUT2D eigenvalue weighted by atomic mass is 9.89. The first-order valence-electron chi connectivity index (χ1n) is 10.0. The molecule has 1 N–H and O–H groups in total. The van der Waals surface area contributed by atoms with E-state index >= 15 is 0 Å². The van der Waals surface area contributed by atoms with Gasteiger partial charge >= 0.3 is 11.9 Å². The van der Waals surface area contributed by atoms with Gasteiger partial charge in [-0.15, -0.1) is 11.3 Å². The van der Waals surface area contributed by atoms with Gasteiger partial charge in [0.1, 0.15) is 4.83 Å². The fourth-order valence-corrected chi connectivity index (χ4v) is 4.68. The van der Waals surface area contributed by atoms with Gasteiger partial charge in [-0.25, -0.2) is 4.79 Å². The zero-order valence-corrected chi connectivity index (χ0v) is 19.0. The van der Waals surface area contributed by atoms with E-state index in [1.54, 1.807) is 14.0 Å². The highest BCUT2D eigenvalue weighted by atomic mass is 32.1. The van der Waals surface area contributed by atoms with Gasteiger partial charge in [0.25, 0.3) is 5.56 Å². The highest BCUT2D eigenvalue weighted by Gasteiger charge is 2.35. The maximum atomic E-state index is 13.2. The minimum absolute atomic E-state index is 0.0645. The Kier molecular flexibility index (Phi) is 6.39. The Morgan fingerprint density at radius 1 is 1.26 bits per heavy atom. The molecular weight excluding hydrogens is 433 g/mol. The minimum atomic E-state index is -4.42. The van der Waals surface area contributed by atoms with Crippen LogP contribution in [0.2, 0.25) is 0 Å². The zero-order chi connectivity index (χ0) is 23.1. The van der Waals surface area contributed by atoms with Crippen LogP contribution in [0.4, 0.5) is 13.2 Å². The molecule has 0 aromatic carbocycles. The summed E-state index contributed by atoms with van der Waals surface area (Å²) in [4.78, 5) is 27.2. The predicted molar refractivity (Wildman–Crippen MR) is 115 cm³/mol. The second kappa shape index (κ2) is 8.42. The number of rotatable bonds is 6. The van der Waals surface area contributed by atoms with Crippen LogP contribution in [0, 0.1) is 6.92 Å². The monoisotopic (exact) mass is 460 g/mol. The first kappa shape index (κ1) is 23.5. The predicted octanol–water partition coefficient (Wildman–Crippen LogP) is 3.56. The Morgan fingerprint density at radius 2 is 1.90 bits per heavy atom. The van der Waals surface area contributed by atoms with Crippen molar-refractivity contribution >= 4 is 27.8 Å². The molecule has 0 atom stereocenters. The fraction of sp³-hybridized carbons (Fsp3) is 0.650. The summed E-state index contributed by atoms with van der Waals surface area (Å²) in [6, 6.07) is -0.384. The summed E-state index contributed by atoms with van der Waals surface area (Å²) in [7, 11) is 1.55. The second-order valence-electron chi connectivity index (χ2n) is 8.85. The van der Waals surface area contributed by atoms with E-state index in [1.807, 2.05) is 20.8 Å². The smallest absolute Gasteiger partial charge is 0.381 e. The van der Waals surface area contributed by atoms with Crippen LogP contribution in [0.5, 0.6) is 0 Å². The van der Waals surface area contributed by atoms with Gasteiger partial charge < -0.3 is 10.2 Å². The van der Waals surface area contributed by atoms with Crippen molar-refractivity contribution in [1.29, 1.82) is 0 Å². The topological polar surface area (TPSA) is 77.6 Å². The number of nitrogens with zero attached hydrogens (tertiary/aromatic N) is 3. The third-order valence-corrected chi connectivity index (χ3v) is 6.50. The lowest BCUT2D eigenvalue weighted by Crippen LogP contribution is -2.47. The molecule has 1 saturated carbocycles. The summed E-state index contributed by atoms with van der Waals surface area (Å²) in [5.74, 6) is 0. The molecular formula is C20H27F3N4O3S. The number of hydrogen-bond acceptors (Lipinski definition) is 6. The number of nitrogens with one attached hydrogen (secondary N) is 1. The second-order valence-corrected chi connectivity index (χ2v) is 9.88. The van der Waals surface area contributed by atoms with Crippen LogP contribution in [0.25, 0.3) is 10.2 Å². The van der Waals surface area contributed by atoms with Gasteiger partial charge in [-0.2, -0.15) is 18.3 Å². The summed E-state index contributed by atoms with van der Waals surface area (Å²) in [6.07, 6.45) is -3.15. The van der Waals surface area contributed by atoms with E-state index in [9.17, 15) is 22.8 Å². The molecule has 31 heavy (non-hydrogen) atoms. The maximum Gasteiger partial charge on any atom is 0.390 e. The van der Waals surface area contributed by atoms with Crippen molar-refractivity contribution in [3.63, 3.8) is 0 Å². The van der Waals surface area contributed by atoms with Gasteiger partial charge in [-0.1, -0.05) is 0 Å². The molecule has 7 nitrogen and oxygen atoms in total. The highest BCUT2D eigenvalue weighted by molar-refractivity contribution is 7.20. The van der Waals surface area contributed by atoms with E-state index in [2.05, 4.69) is 10.5 Å². The number of halogens is 3. The average molecular weight is 461 g/mol. The highest BCUT2D eigenvalue weighted by Crippen LogP contribution is 2.34. The zero-order valence-electron chi connectivity index (χ0n) is 18.2. The molecule has 2 heterocycles. The van der Waals surface area contributed by atoms with E-state index in [0.717, 1.165) is 20.5 Å². The van der Waals surface area contributed by atoms with E-state index in [1.165, 1.54) is 6.21 Å². The molecule has 3 rings (SSSR count). The molecule has 0 unspecified atom stereocenters. The summed E-state index contributed by atoms with van der Waals surface area (Å²) in [5.41, 5.74) is 2.09. The van der Waals surface area contributed by atoms with E-state index in [4.69, 9.17) is 4.74 Å². The third-order valence-electron chi connectivity index (χ3n) is 5.25. The number of thiophene rings is 1. The van der Waals surface area contributed by atoms with Gasteiger partial charge in [-0.3, -0.25) is 13.9 Å². The molecule has 172 valence electrons. The molecule has 2 aromatic rings. The average Bonchev–Trinajstić information content (AvgIpc) is 2.91. The summed E-state index contributed by atoms with van der Waals surface area (Å²) >= 11 is 1.10. The number of hydrogen-bond donors (Lipinski definition) is 1. The minimum Gasteiger partial charge on any atom is -0.381 e. The molecule has 1 aliphatic rings. The van der Waals surface area contributed by atoms with E-state index < -0.39 is 30.4 Å². The molecule has 0 aliphatic heterocycles. The third kappa shape index (κ3) is 5.03. The SMILES string of the molecule is COC1CC(n2c(=O)c3c(C)c(C=NNC(C)(C)C)sc3n(CCC(F)(F)F)c2=O)C1. The summed E-state index contributed by atoms with van der Waals surface area (Å²) < 4.78 is 46.2. The fourth-order valence-electron chi connectivity index (χ4n) is 3.49. The number of aryl methyl sites for hydroxylation is 2. The Morgan fingerprint density at radius 3 is 2.45 bits per heavy atom. The molecule has 0 bridgehead atoms. The van der Waals surface area contributed by atoms with Crippen LogP contribution in [0.1, 0.15) is 56.5 Å². The van der Waals surface area contributed by atoms with Crippen molar-refractivity contribution in [3.05, 3.63) is 31.3 Å². The van der Waals surface area contributed by atoms with Crippen LogP contribution >= 0.6 is 11.3 Å². The molecule has 0 amide bonds. The van der Waals surface area contributed by atoms with Crippen molar-refractivity contribution in [3.8, 4) is 0 Å². The number of methoxy groups -OCH3 is 1. The van der Waals surface area contributed by atoms with Gasteiger partial charge in [0.05, 0.1) is 29.0 Å². The number of fused-ring (bicyclic) bond motifs is 1. The van der Waals surface area contributed by atoms with Crippen LogP contribution in [0.3, 0.4) is 0 Å². The molecule has 2 aromatic heterocycles. The quantitative estimate of drug-likeness (QED) is 0.528. The number of aromatic nitrogens is 2. The largest absolute Gasteiger partial charge is 0.390 e. The molecule has 1 aliphatic carbocycles. The van der Waals surface area contributed by atoms with Gasteiger partial charge in [-0.05, 0) is 46.1 Å². The normalized spacial score (nSPS) is 19.9. The Hall–Kier alpha value is -2.14. The molecule has 0 spiro atoms. The Labute approximate surface area is 181 Å². The Balaban J connectivity index is 2.14. The van der Waals surface area contributed by atoms with Crippen molar-refractivity contribution in [2.75, 3.05) is 7.11 Å². The van der Waals surface area contributed by atoms with Crippen molar-refractivity contribution < 1.29 is 17.9 Å². The van der Waals surface area contributed by atoms with Crippen molar-refractivity contribution in [1.82, 2.24) is 14.6 Å². The van der Waals surface area contributed by atoms with Crippen LogP contribution in [0.15, 0.2) is 14.7 Å². The summed E-state index contributed by atoms with van der Waals surface area (Å²) in [6.45, 7) is 6.97. The van der Waals surface area contributed by atoms with Crippen molar-refractivity contribution in [2.24, 2.45) is 5.10 Å². The van der Waals surface area contributed by atoms with Crippen LogP contribution < -0.4 is 16.7 Å². The Bertz CT molecular complexity index is 1100. The number of hydrazone groups is 1. The number of ether oxygens (including phenoxy) is 1. The molecule has 11 heteroatoms. The summed E-state index contributed by atoms with van der Waals surface area (Å²) in [5, 5.41) is 4.45. The van der Waals surface area contributed by atoms with Gasteiger partial charge in [0.2, 0.25) is 0 Å². The first-order chi connectivity index (χ1) is 14.3. The standard InChI is InChI=1S/C20H27F3N4O3S/c1-11-14(10-24-25-19(2,3)4)31-17-15(11)16(28)27(12-8-13(9-12)30-5)18(29)26(17)7-6-20(21,22)23/h10,12-13,25H,6-9H2,1-5H3. The van der Waals surface area contributed by atoms with Crippen molar-refractivity contribution in [2.45, 2.75) is 77.4 Å². The lowest BCUT2D eigenvalue weighted by Gasteiger charge is -2.35. The molecule has 0 saturated heterocycles. The van der Waals surface area contributed by atoms with E-state index in [-0.39, 0.29) is 27.9 Å². The van der Waals surface area contributed by atoms with Crippen LogP contribution in [-0.2, 0) is 11.3 Å². The van der Waals surface area contributed by atoms with Crippen LogP contribution in [-0.4, -0.2) is 40.3 Å². The first-order valence-corrected chi connectivity index (χ1v) is 10.8.